The van der Waals surface area contributed by atoms with Crippen molar-refractivity contribution >= 4 is 29.6 Å². The molecular formula is C23H35F3N4O6. The Kier molecular flexibility index (Phi) is 9.35. The number of carboxylic acids is 1. The van der Waals surface area contributed by atoms with Gasteiger partial charge in [-0.15, -0.1) is 0 Å². The summed E-state index contributed by atoms with van der Waals surface area (Å²) in [5.74, 6) is -6.12. The van der Waals surface area contributed by atoms with Gasteiger partial charge in [-0.3, -0.25) is 24.0 Å². The third kappa shape index (κ3) is 6.28. The lowest BCUT2D eigenvalue weighted by Gasteiger charge is -2.42. The first-order valence-corrected chi connectivity index (χ1v) is 12.1. The third-order valence-electron chi connectivity index (χ3n) is 7.07. The van der Waals surface area contributed by atoms with Crippen LogP contribution in [0.5, 0.6) is 0 Å². The molecule has 1 unspecified atom stereocenters. The Morgan fingerprint density at radius 1 is 1.00 bits per heavy atom. The Hall–Kier alpha value is -2.86. The monoisotopic (exact) mass is 520 g/mol. The van der Waals surface area contributed by atoms with Crippen molar-refractivity contribution in [2.75, 3.05) is 27.2 Å². The maximum atomic E-state index is 13.6. The molecule has 1 saturated heterocycles. The standard InChI is InChI=1S/C23H35F3N4O6/c1-14(2)17(18(33)27-15(13-16(31)32)19(34)30-11-7-8-12-30)28(3)20(35)22(9-5-6-10-22)29(4)21(36)23(24,25)26/h14-15,17H,5-13H2,1-4H3,(H,27,33)(H,31,32)/t15-,17?/m0/s1. The van der Waals surface area contributed by atoms with Gasteiger partial charge in [0.05, 0.1) is 6.42 Å². The predicted molar refractivity (Wildman–Crippen MR) is 121 cm³/mol. The van der Waals surface area contributed by atoms with Crippen LogP contribution in [-0.2, 0) is 24.0 Å². The lowest BCUT2D eigenvalue weighted by molar-refractivity contribution is -0.192. The number of hydrogen-bond acceptors (Lipinski definition) is 5. The molecule has 2 N–H and O–H groups in total. The zero-order valence-corrected chi connectivity index (χ0v) is 21.1. The Balaban J connectivity index is 2.31. The van der Waals surface area contributed by atoms with Crippen LogP contribution < -0.4 is 5.32 Å². The van der Waals surface area contributed by atoms with E-state index in [-0.39, 0.29) is 12.8 Å². The van der Waals surface area contributed by atoms with Crippen molar-refractivity contribution in [2.45, 2.75) is 82.6 Å². The molecule has 1 aliphatic carbocycles. The Bertz CT molecular complexity index is 866. The minimum Gasteiger partial charge on any atom is -0.481 e. The smallest absolute Gasteiger partial charge is 0.471 e. The first-order valence-electron chi connectivity index (χ1n) is 12.1. The summed E-state index contributed by atoms with van der Waals surface area (Å²) < 4.78 is 39.6. The van der Waals surface area contributed by atoms with Gasteiger partial charge >= 0.3 is 18.1 Å². The van der Waals surface area contributed by atoms with Gasteiger partial charge in [-0.2, -0.15) is 13.2 Å². The second-order valence-electron chi connectivity index (χ2n) is 9.90. The highest BCUT2D eigenvalue weighted by molar-refractivity contribution is 5.97. The fourth-order valence-electron chi connectivity index (χ4n) is 5.21. The zero-order valence-electron chi connectivity index (χ0n) is 21.1. The van der Waals surface area contributed by atoms with Gasteiger partial charge in [-0.1, -0.05) is 26.7 Å². The van der Waals surface area contributed by atoms with Gasteiger partial charge in [0.25, 0.3) is 0 Å². The van der Waals surface area contributed by atoms with Crippen LogP contribution in [0.25, 0.3) is 0 Å². The largest absolute Gasteiger partial charge is 0.481 e. The van der Waals surface area contributed by atoms with E-state index in [4.69, 9.17) is 0 Å². The Morgan fingerprint density at radius 3 is 1.97 bits per heavy atom. The molecule has 0 aromatic heterocycles. The van der Waals surface area contributed by atoms with Crippen LogP contribution in [0.15, 0.2) is 0 Å². The van der Waals surface area contributed by atoms with Crippen molar-refractivity contribution in [2.24, 2.45) is 5.92 Å². The number of nitrogens with one attached hydrogen (secondary N) is 1. The highest BCUT2D eigenvalue weighted by Crippen LogP contribution is 2.38. The summed E-state index contributed by atoms with van der Waals surface area (Å²) in [7, 11) is 2.21. The lowest BCUT2D eigenvalue weighted by atomic mass is 9.91. The predicted octanol–water partition coefficient (Wildman–Crippen LogP) is 1.38. The molecule has 1 heterocycles. The Labute approximate surface area is 208 Å². The molecular weight excluding hydrogens is 485 g/mol. The third-order valence-corrected chi connectivity index (χ3v) is 7.07. The van der Waals surface area contributed by atoms with Gasteiger partial charge in [0.1, 0.15) is 17.6 Å². The number of amides is 4. The van der Waals surface area contributed by atoms with Gasteiger partial charge in [-0.25, -0.2) is 0 Å². The summed E-state index contributed by atoms with van der Waals surface area (Å²) in [6, 6.07) is -2.57. The molecule has 0 radical (unpaired) electrons. The van der Waals surface area contributed by atoms with Crippen LogP contribution in [0.3, 0.4) is 0 Å². The number of halogens is 3. The minimum absolute atomic E-state index is 0.00993. The molecule has 13 heteroatoms. The molecule has 2 rings (SSSR count). The average Bonchev–Trinajstić information content (AvgIpc) is 3.48. The van der Waals surface area contributed by atoms with Crippen LogP contribution in [0.2, 0.25) is 0 Å². The van der Waals surface area contributed by atoms with Crippen LogP contribution in [-0.4, -0.2) is 100 Å². The summed E-state index contributed by atoms with van der Waals surface area (Å²) in [6.45, 7) is 4.13. The molecule has 0 aromatic rings. The van der Waals surface area contributed by atoms with Crippen LogP contribution in [0.1, 0.15) is 58.8 Å². The summed E-state index contributed by atoms with van der Waals surface area (Å²) in [5.41, 5.74) is -1.76. The van der Waals surface area contributed by atoms with E-state index in [0.29, 0.717) is 30.8 Å². The molecule has 0 bridgehead atoms. The number of likely N-dealkylation sites (N-methyl/N-ethyl adjacent to an activating group) is 2. The number of rotatable bonds is 9. The molecule has 0 spiro atoms. The molecule has 10 nitrogen and oxygen atoms in total. The number of likely N-dealkylation sites (tertiary alicyclic amines) is 1. The highest BCUT2D eigenvalue weighted by Gasteiger charge is 2.55. The maximum Gasteiger partial charge on any atom is 0.471 e. The first-order chi connectivity index (χ1) is 16.6. The van der Waals surface area contributed by atoms with E-state index in [9.17, 15) is 42.3 Å². The zero-order chi connectivity index (χ0) is 27.4. The first kappa shape index (κ1) is 29.4. The van der Waals surface area contributed by atoms with Gasteiger partial charge in [0, 0.05) is 27.2 Å². The van der Waals surface area contributed by atoms with E-state index in [0.717, 1.165) is 24.8 Å². The second kappa shape index (κ2) is 11.5. The molecule has 36 heavy (non-hydrogen) atoms. The quantitative estimate of drug-likeness (QED) is 0.473. The molecule has 0 aromatic carbocycles. The summed E-state index contributed by atoms with van der Waals surface area (Å²) in [6.07, 6.45) is -3.42. The van der Waals surface area contributed by atoms with E-state index >= 15 is 0 Å². The number of hydrogen-bond donors (Lipinski definition) is 2. The van der Waals surface area contributed by atoms with Crippen molar-refractivity contribution < 1.29 is 42.3 Å². The van der Waals surface area contributed by atoms with Gasteiger partial charge in [0.2, 0.25) is 17.7 Å². The summed E-state index contributed by atoms with van der Waals surface area (Å²) in [5, 5.41) is 11.7. The summed E-state index contributed by atoms with van der Waals surface area (Å²) in [4.78, 5) is 66.1. The van der Waals surface area contributed by atoms with Gasteiger partial charge in [-0.05, 0) is 31.6 Å². The van der Waals surface area contributed by atoms with Crippen molar-refractivity contribution in [1.29, 1.82) is 0 Å². The number of nitrogens with zero attached hydrogens (tertiary/aromatic N) is 3. The van der Waals surface area contributed by atoms with Gasteiger partial charge in [0.15, 0.2) is 0 Å². The molecule has 2 fully saturated rings. The topological polar surface area (TPSA) is 127 Å². The molecule has 1 saturated carbocycles. The molecule has 1 aliphatic heterocycles. The normalized spacial score (nSPS) is 19.1. The van der Waals surface area contributed by atoms with E-state index < -0.39 is 65.7 Å². The fraction of sp³-hybridized carbons (Fsp3) is 0.783. The number of carbonyl (C=O) groups is 5. The number of carboxylic acid groups (broad SMARTS) is 1. The van der Waals surface area contributed by atoms with Crippen LogP contribution >= 0.6 is 0 Å². The lowest BCUT2D eigenvalue weighted by Crippen LogP contribution is -2.64. The molecule has 204 valence electrons. The molecule has 2 aliphatic rings. The van der Waals surface area contributed by atoms with Crippen molar-refractivity contribution in [1.82, 2.24) is 20.0 Å². The van der Waals surface area contributed by atoms with Crippen molar-refractivity contribution in [3.05, 3.63) is 0 Å². The molecule has 2 atom stereocenters. The SMILES string of the molecule is CC(C)C(C(=O)N[C@@H](CC(=O)O)C(=O)N1CCCC1)N(C)C(=O)C1(N(C)C(=O)C(F)(F)F)CCCC1. The number of aliphatic carboxylic acids is 1. The minimum atomic E-state index is -5.17. The average molecular weight is 521 g/mol. The number of alkyl halides is 3. The van der Waals surface area contributed by atoms with Crippen molar-refractivity contribution in [3.63, 3.8) is 0 Å². The fourth-order valence-corrected chi connectivity index (χ4v) is 5.21. The second-order valence-corrected chi connectivity index (χ2v) is 9.90. The van der Waals surface area contributed by atoms with Crippen LogP contribution in [0, 0.1) is 5.92 Å². The maximum absolute atomic E-state index is 13.6. The van der Waals surface area contributed by atoms with E-state index in [1.54, 1.807) is 13.8 Å². The van der Waals surface area contributed by atoms with Crippen molar-refractivity contribution in [3.8, 4) is 0 Å². The number of carbonyl (C=O) groups excluding carboxylic acids is 4. The highest BCUT2D eigenvalue weighted by atomic mass is 19.4. The Morgan fingerprint density at radius 2 is 1.53 bits per heavy atom. The van der Waals surface area contributed by atoms with Gasteiger partial charge < -0.3 is 25.1 Å². The van der Waals surface area contributed by atoms with E-state index in [1.807, 2.05) is 0 Å². The van der Waals surface area contributed by atoms with Crippen LogP contribution in [0.4, 0.5) is 13.2 Å². The summed E-state index contributed by atoms with van der Waals surface area (Å²) >= 11 is 0. The van der Waals surface area contributed by atoms with E-state index in [1.165, 1.54) is 11.9 Å². The molecule has 4 amide bonds. The van der Waals surface area contributed by atoms with E-state index in [2.05, 4.69) is 5.32 Å².